The van der Waals surface area contributed by atoms with Gasteiger partial charge in [-0.2, -0.15) is 0 Å². The minimum atomic E-state index is -0.216. The van der Waals surface area contributed by atoms with Crippen LogP contribution in [0.1, 0.15) is 22.5 Å². The van der Waals surface area contributed by atoms with E-state index in [-0.39, 0.29) is 12.0 Å². The second-order valence-corrected chi connectivity index (χ2v) is 7.11. The molecule has 24 heavy (non-hydrogen) atoms. The minimum Gasteiger partial charge on any atom is -0.497 e. The number of hydrogen-bond donors (Lipinski definition) is 2. The van der Waals surface area contributed by atoms with Gasteiger partial charge in [-0.1, -0.05) is 11.3 Å². The molecule has 1 aliphatic heterocycles. The first-order chi connectivity index (χ1) is 11.6. The Hall–Kier alpha value is -1.90. The van der Waals surface area contributed by atoms with Gasteiger partial charge in [0.2, 0.25) is 0 Å². The summed E-state index contributed by atoms with van der Waals surface area (Å²) in [5.41, 5.74) is 6.97. The van der Waals surface area contributed by atoms with Crippen molar-refractivity contribution < 1.29 is 14.3 Å². The Bertz CT molecular complexity index is 777. The molecule has 0 radical (unpaired) electrons. The van der Waals surface area contributed by atoms with Crippen LogP contribution in [0.15, 0.2) is 24.3 Å². The van der Waals surface area contributed by atoms with Crippen molar-refractivity contribution in [2.45, 2.75) is 18.9 Å². The van der Waals surface area contributed by atoms with E-state index in [0.717, 1.165) is 30.9 Å². The topological polar surface area (TPSA) is 78.5 Å². The van der Waals surface area contributed by atoms with Crippen LogP contribution in [0.2, 0.25) is 0 Å². The van der Waals surface area contributed by atoms with Crippen molar-refractivity contribution in [3.05, 3.63) is 33.1 Å². The van der Waals surface area contributed by atoms with Crippen molar-refractivity contribution in [1.29, 1.82) is 0 Å². The number of rotatable bonds is 5. The number of hydrogen-bond acceptors (Lipinski definition) is 6. The van der Waals surface area contributed by atoms with Gasteiger partial charge in [0.15, 0.2) is 3.95 Å². The quantitative estimate of drug-likeness (QED) is 0.797. The van der Waals surface area contributed by atoms with Gasteiger partial charge in [0.1, 0.15) is 16.4 Å². The lowest BCUT2D eigenvalue weighted by molar-refractivity contribution is 0.0861. The molecule has 0 spiro atoms. The van der Waals surface area contributed by atoms with E-state index >= 15 is 0 Å². The molecule has 1 atom stereocenters. The van der Waals surface area contributed by atoms with Crippen LogP contribution in [0, 0.1) is 3.95 Å². The van der Waals surface area contributed by atoms with Gasteiger partial charge < -0.3 is 20.5 Å². The van der Waals surface area contributed by atoms with E-state index < -0.39 is 0 Å². The van der Waals surface area contributed by atoms with Gasteiger partial charge in [0, 0.05) is 18.8 Å². The minimum absolute atomic E-state index is 0.0896. The lowest BCUT2D eigenvalue weighted by atomic mass is 10.2. The van der Waals surface area contributed by atoms with E-state index in [2.05, 4.69) is 5.32 Å². The SMILES string of the molecule is COc1ccc(-n2c(N)c(C(=O)NC[C@@H]3CCCO3)sc2=S)cc1. The number of nitrogens with zero attached hydrogens (tertiary/aromatic N) is 1. The molecule has 0 saturated carbocycles. The molecule has 1 saturated heterocycles. The third-order valence-corrected chi connectivity index (χ3v) is 5.29. The van der Waals surface area contributed by atoms with E-state index in [1.807, 2.05) is 24.3 Å². The van der Waals surface area contributed by atoms with Gasteiger partial charge in [-0.3, -0.25) is 9.36 Å². The number of aromatic nitrogens is 1. The van der Waals surface area contributed by atoms with Crippen LogP contribution in [-0.2, 0) is 4.74 Å². The fourth-order valence-electron chi connectivity index (χ4n) is 2.62. The van der Waals surface area contributed by atoms with Crippen LogP contribution in [0.4, 0.5) is 5.82 Å². The fraction of sp³-hybridized carbons (Fsp3) is 0.375. The molecule has 1 aliphatic rings. The van der Waals surface area contributed by atoms with Gasteiger partial charge in [-0.15, -0.1) is 0 Å². The Morgan fingerprint density at radius 3 is 2.88 bits per heavy atom. The van der Waals surface area contributed by atoms with Crippen LogP contribution in [0.25, 0.3) is 5.69 Å². The van der Waals surface area contributed by atoms with Gasteiger partial charge in [0.05, 0.1) is 13.2 Å². The number of thiazole rings is 1. The number of nitrogen functional groups attached to an aromatic ring is 1. The van der Waals surface area contributed by atoms with Gasteiger partial charge in [-0.05, 0) is 49.3 Å². The molecular formula is C16H19N3O3S2. The number of anilines is 1. The molecule has 0 unspecified atom stereocenters. The molecule has 3 rings (SSSR count). The number of amides is 1. The van der Waals surface area contributed by atoms with E-state index in [4.69, 9.17) is 27.4 Å². The number of ether oxygens (including phenoxy) is 2. The molecule has 2 heterocycles. The normalized spacial score (nSPS) is 17.0. The standard InChI is InChI=1S/C16H19N3O3S2/c1-21-11-6-4-10(5-7-11)19-14(17)13(24-16(19)23)15(20)18-9-12-3-2-8-22-12/h4-7,12H,2-3,8-9,17H2,1H3,(H,18,20)/t12-/m0/s1. The van der Waals surface area contributed by atoms with Gasteiger partial charge >= 0.3 is 0 Å². The molecule has 1 fully saturated rings. The summed E-state index contributed by atoms with van der Waals surface area (Å²) in [6.45, 7) is 1.25. The summed E-state index contributed by atoms with van der Waals surface area (Å²) >= 11 is 6.58. The molecule has 3 N–H and O–H groups in total. The van der Waals surface area contributed by atoms with Crippen LogP contribution in [0.3, 0.4) is 0 Å². The number of nitrogens with one attached hydrogen (secondary N) is 1. The highest BCUT2D eigenvalue weighted by atomic mass is 32.1. The van der Waals surface area contributed by atoms with Crippen LogP contribution in [-0.4, -0.2) is 36.8 Å². The molecule has 1 aromatic carbocycles. The summed E-state index contributed by atoms with van der Waals surface area (Å²) in [6.07, 6.45) is 2.10. The average molecular weight is 365 g/mol. The lowest BCUT2D eigenvalue weighted by Gasteiger charge is -2.11. The summed E-state index contributed by atoms with van der Waals surface area (Å²) in [5, 5.41) is 2.88. The van der Waals surface area contributed by atoms with E-state index in [9.17, 15) is 4.79 Å². The molecular weight excluding hydrogens is 346 g/mol. The maximum atomic E-state index is 12.4. The van der Waals surface area contributed by atoms with Crippen molar-refractivity contribution in [1.82, 2.24) is 9.88 Å². The van der Waals surface area contributed by atoms with Crippen LogP contribution < -0.4 is 15.8 Å². The van der Waals surface area contributed by atoms with Gasteiger partial charge in [-0.25, -0.2) is 0 Å². The molecule has 128 valence electrons. The number of carbonyl (C=O) groups excluding carboxylic acids is 1. The predicted octanol–water partition coefficient (Wildman–Crippen LogP) is 2.77. The maximum absolute atomic E-state index is 12.4. The highest BCUT2D eigenvalue weighted by Gasteiger charge is 2.21. The molecule has 1 aromatic heterocycles. The lowest BCUT2D eigenvalue weighted by Crippen LogP contribution is -2.31. The number of nitrogens with two attached hydrogens (primary N) is 1. The van der Waals surface area contributed by atoms with Crippen molar-refractivity contribution >= 4 is 35.3 Å². The summed E-state index contributed by atoms with van der Waals surface area (Å²) in [6, 6.07) is 7.36. The predicted molar refractivity (Wildman–Crippen MR) is 96.8 cm³/mol. The third kappa shape index (κ3) is 3.45. The van der Waals surface area contributed by atoms with E-state index in [0.29, 0.717) is 21.2 Å². The molecule has 8 heteroatoms. The molecule has 0 aliphatic carbocycles. The van der Waals surface area contributed by atoms with Crippen molar-refractivity contribution in [2.24, 2.45) is 0 Å². The fourth-order valence-corrected chi connectivity index (χ4v) is 3.90. The molecule has 0 bridgehead atoms. The molecule has 1 amide bonds. The zero-order valence-electron chi connectivity index (χ0n) is 13.3. The number of methoxy groups -OCH3 is 1. The number of benzene rings is 1. The van der Waals surface area contributed by atoms with Crippen LogP contribution in [0.5, 0.6) is 5.75 Å². The molecule has 2 aromatic rings. The van der Waals surface area contributed by atoms with Crippen molar-refractivity contribution in [3.63, 3.8) is 0 Å². The van der Waals surface area contributed by atoms with Crippen molar-refractivity contribution in [3.8, 4) is 11.4 Å². The second kappa shape index (κ2) is 7.33. The third-order valence-electron chi connectivity index (χ3n) is 3.90. The summed E-state index contributed by atoms with van der Waals surface area (Å²) < 4.78 is 12.9. The second-order valence-electron chi connectivity index (χ2n) is 5.46. The Morgan fingerprint density at radius 2 is 2.25 bits per heavy atom. The maximum Gasteiger partial charge on any atom is 0.265 e. The monoisotopic (exact) mass is 365 g/mol. The Morgan fingerprint density at radius 1 is 1.50 bits per heavy atom. The van der Waals surface area contributed by atoms with E-state index in [1.165, 1.54) is 11.3 Å². The highest BCUT2D eigenvalue weighted by molar-refractivity contribution is 7.73. The Balaban J connectivity index is 1.80. The van der Waals surface area contributed by atoms with Crippen LogP contribution >= 0.6 is 23.6 Å². The first-order valence-corrected chi connectivity index (χ1v) is 8.88. The van der Waals surface area contributed by atoms with Crippen molar-refractivity contribution in [2.75, 3.05) is 26.0 Å². The first-order valence-electron chi connectivity index (χ1n) is 7.65. The molecule has 6 nitrogen and oxygen atoms in total. The Labute approximate surface area is 149 Å². The largest absolute Gasteiger partial charge is 0.497 e. The van der Waals surface area contributed by atoms with E-state index in [1.54, 1.807) is 11.7 Å². The smallest absolute Gasteiger partial charge is 0.265 e. The Kier molecular flexibility index (Phi) is 5.17. The zero-order chi connectivity index (χ0) is 17.1. The summed E-state index contributed by atoms with van der Waals surface area (Å²) in [7, 11) is 1.61. The number of carbonyl (C=O) groups is 1. The zero-order valence-corrected chi connectivity index (χ0v) is 14.9. The summed E-state index contributed by atoms with van der Waals surface area (Å²) in [5.74, 6) is 0.875. The average Bonchev–Trinajstić information content (AvgIpc) is 3.21. The highest BCUT2D eigenvalue weighted by Crippen LogP contribution is 2.27. The first kappa shape index (κ1) is 16.9. The van der Waals surface area contributed by atoms with Gasteiger partial charge in [0.25, 0.3) is 5.91 Å². The summed E-state index contributed by atoms with van der Waals surface area (Å²) in [4.78, 5) is 12.8.